The molecule has 16 heavy (non-hydrogen) atoms. The van der Waals surface area contributed by atoms with Crippen molar-refractivity contribution in [3.8, 4) is 11.1 Å². The zero-order chi connectivity index (χ0) is 11.7. The van der Waals surface area contributed by atoms with E-state index in [0.29, 0.717) is 15.1 Å². The molecule has 0 aliphatic rings. The maximum atomic E-state index is 13.6. The van der Waals surface area contributed by atoms with Gasteiger partial charge in [0, 0.05) is 26.7 Å². The van der Waals surface area contributed by atoms with Crippen molar-refractivity contribution in [3.05, 3.63) is 57.5 Å². The first kappa shape index (κ1) is 11.6. The molecule has 0 unspecified atom stereocenters. The minimum atomic E-state index is -0.493. The summed E-state index contributed by atoms with van der Waals surface area (Å²) >= 11 is 8.84. The molecule has 2 rings (SSSR count). The normalized spacial score (nSPS) is 10.5. The molecule has 0 atom stereocenters. The summed E-state index contributed by atoms with van der Waals surface area (Å²) in [7, 11) is 0. The quantitative estimate of drug-likeness (QED) is 0.706. The number of halogens is 4. The summed E-state index contributed by atoms with van der Waals surface area (Å²) in [4.78, 5) is 0. The Morgan fingerprint density at radius 3 is 2.56 bits per heavy atom. The molecule has 1 radical (unpaired) electrons. The third-order valence-corrected chi connectivity index (χ3v) is 2.97. The fourth-order valence-corrected chi connectivity index (χ4v) is 1.96. The molecule has 0 aromatic heterocycles. The summed E-state index contributed by atoms with van der Waals surface area (Å²) in [5.41, 5.74) is 0.696. The fraction of sp³-hybridized carbons (Fsp3) is 0. The van der Waals surface area contributed by atoms with E-state index < -0.39 is 11.6 Å². The van der Waals surface area contributed by atoms with Crippen LogP contribution in [0.1, 0.15) is 0 Å². The molecule has 81 valence electrons. The molecule has 0 N–H and O–H groups in total. The molecule has 2 aromatic rings. The molecule has 0 aliphatic heterocycles. The molecule has 0 nitrogen and oxygen atoms in total. The van der Waals surface area contributed by atoms with Crippen molar-refractivity contribution in [2.24, 2.45) is 0 Å². The second-order valence-corrected chi connectivity index (χ2v) is 4.40. The summed E-state index contributed by atoms with van der Waals surface area (Å²) < 4.78 is 27.2. The van der Waals surface area contributed by atoms with Crippen LogP contribution >= 0.6 is 27.5 Å². The maximum Gasteiger partial charge on any atom is 0.132 e. The summed E-state index contributed by atoms with van der Waals surface area (Å²) in [5.74, 6) is -0.959. The first-order valence-electron chi connectivity index (χ1n) is 4.40. The first-order chi connectivity index (χ1) is 7.58. The highest BCUT2D eigenvalue weighted by Gasteiger charge is 2.10. The van der Waals surface area contributed by atoms with E-state index in [2.05, 4.69) is 22.0 Å². The molecule has 2 aromatic carbocycles. The SMILES string of the molecule is Fc1c[c]c(Br)c(-c2ccc(Cl)cc2F)c1. The van der Waals surface area contributed by atoms with Gasteiger partial charge in [-0.25, -0.2) is 8.78 Å². The molecule has 0 saturated carbocycles. The van der Waals surface area contributed by atoms with Crippen LogP contribution in [0.5, 0.6) is 0 Å². The predicted octanol–water partition coefficient (Wildman–Crippen LogP) is 4.85. The maximum absolute atomic E-state index is 13.6. The molecule has 0 aliphatic carbocycles. The standard InChI is InChI=1S/C12H5BrClF2/c13-11-4-2-8(15)6-10(11)9-3-1-7(14)5-12(9)16/h1-3,5-6H. The van der Waals surface area contributed by atoms with E-state index in [9.17, 15) is 8.78 Å². The zero-order valence-corrected chi connectivity index (χ0v) is 10.2. The van der Waals surface area contributed by atoms with Crippen LogP contribution in [0, 0.1) is 17.7 Å². The summed E-state index contributed by atoms with van der Waals surface area (Å²) in [5, 5.41) is 0.303. The van der Waals surface area contributed by atoms with E-state index >= 15 is 0 Å². The fourth-order valence-electron chi connectivity index (χ4n) is 1.36. The third-order valence-electron chi connectivity index (χ3n) is 2.08. The lowest BCUT2D eigenvalue weighted by molar-refractivity contribution is 0.624. The second-order valence-electron chi connectivity index (χ2n) is 3.17. The summed E-state index contributed by atoms with van der Waals surface area (Å²) in [6.45, 7) is 0. The third kappa shape index (κ3) is 2.25. The van der Waals surface area contributed by atoms with Gasteiger partial charge in [0.1, 0.15) is 11.6 Å². The van der Waals surface area contributed by atoms with Crippen LogP contribution in [0.3, 0.4) is 0 Å². The van der Waals surface area contributed by atoms with E-state index in [4.69, 9.17) is 11.6 Å². The van der Waals surface area contributed by atoms with Crippen molar-refractivity contribution in [3.63, 3.8) is 0 Å². The van der Waals surface area contributed by atoms with Crippen molar-refractivity contribution in [1.82, 2.24) is 0 Å². The lowest BCUT2D eigenvalue weighted by Gasteiger charge is -2.06. The van der Waals surface area contributed by atoms with Gasteiger partial charge in [0.05, 0.1) is 0 Å². The van der Waals surface area contributed by atoms with E-state index in [1.807, 2.05) is 0 Å². The Morgan fingerprint density at radius 2 is 1.88 bits per heavy atom. The highest BCUT2D eigenvalue weighted by atomic mass is 79.9. The van der Waals surface area contributed by atoms with E-state index in [-0.39, 0.29) is 5.56 Å². The minimum absolute atomic E-state index is 0.284. The second kappa shape index (κ2) is 4.52. The molecule has 0 spiro atoms. The van der Waals surface area contributed by atoms with Gasteiger partial charge in [-0.2, -0.15) is 0 Å². The van der Waals surface area contributed by atoms with Crippen LogP contribution in [0.2, 0.25) is 5.02 Å². The topological polar surface area (TPSA) is 0 Å². The monoisotopic (exact) mass is 301 g/mol. The first-order valence-corrected chi connectivity index (χ1v) is 5.57. The Hall–Kier alpha value is -0.930. The van der Waals surface area contributed by atoms with Crippen LogP contribution in [-0.4, -0.2) is 0 Å². The van der Waals surface area contributed by atoms with E-state index in [1.165, 1.54) is 24.3 Å². The Labute approximate surface area is 105 Å². The van der Waals surface area contributed by atoms with Gasteiger partial charge in [-0.3, -0.25) is 0 Å². The average molecular weight is 303 g/mol. The van der Waals surface area contributed by atoms with Gasteiger partial charge >= 0.3 is 0 Å². The Balaban J connectivity index is 2.62. The lowest BCUT2D eigenvalue weighted by atomic mass is 10.1. The summed E-state index contributed by atoms with van der Waals surface area (Å²) in [6.07, 6.45) is 0. The Kier molecular flexibility index (Phi) is 3.26. The van der Waals surface area contributed by atoms with Gasteiger partial charge in [-0.15, -0.1) is 0 Å². The molecular formula is C12H5BrClF2. The van der Waals surface area contributed by atoms with Crippen LogP contribution in [0.25, 0.3) is 11.1 Å². The van der Waals surface area contributed by atoms with Gasteiger partial charge < -0.3 is 0 Å². The molecule has 0 saturated heterocycles. The van der Waals surface area contributed by atoms with Crippen molar-refractivity contribution >= 4 is 27.5 Å². The molecule has 0 heterocycles. The molecule has 4 heteroatoms. The number of rotatable bonds is 1. The Morgan fingerprint density at radius 1 is 1.12 bits per heavy atom. The van der Waals surface area contributed by atoms with Gasteiger partial charge in [-0.1, -0.05) is 11.6 Å². The highest BCUT2D eigenvalue weighted by Crippen LogP contribution is 2.31. The molecule has 0 bridgehead atoms. The van der Waals surface area contributed by atoms with Crippen molar-refractivity contribution < 1.29 is 8.78 Å². The van der Waals surface area contributed by atoms with Crippen LogP contribution < -0.4 is 0 Å². The number of hydrogen-bond donors (Lipinski definition) is 0. The number of benzene rings is 2. The average Bonchev–Trinajstić information content (AvgIpc) is 2.22. The number of hydrogen-bond acceptors (Lipinski definition) is 0. The van der Waals surface area contributed by atoms with Gasteiger partial charge in [0.2, 0.25) is 0 Å². The van der Waals surface area contributed by atoms with Crippen molar-refractivity contribution in [2.45, 2.75) is 0 Å². The molecule has 0 fully saturated rings. The lowest BCUT2D eigenvalue weighted by Crippen LogP contribution is -1.87. The van der Waals surface area contributed by atoms with Gasteiger partial charge in [-0.05, 0) is 46.3 Å². The van der Waals surface area contributed by atoms with Crippen LogP contribution in [-0.2, 0) is 0 Å². The highest BCUT2D eigenvalue weighted by molar-refractivity contribution is 9.10. The van der Waals surface area contributed by atoms with E-state index in [0.717, 1.165) is 0 Å². The van der Waals surface area contributed by atoms with Gasteiger partial charge in [0.15, 0.2) is 0 Å². The van der Waals surface area contributed by atoms with Crippen molar-refractivity contribution in [1.29, 1.82) is 0 Å². The minimum Gasteiger partial charge on any atom is -0.207 e. The van der Waals surface area contributed by atoms with Crippen LogP contribution in [0.4, 0.5) is 8.78 Å². The largest absolute Gasteiger partial charge is 0.207 e. The Bertz CT molecular complexity index is 541. The van der Waals surface area contributed by atoms with Gasteiger partial charge in [0.25, 0.3) is 0 Å². The smallest absolute Gasteiger partial charge is 0.132 e. The van der Waals surface area contributed by atoms with Crippen LogP contribution in [0.15, 0.2) is 34.8 Å². The molecular weight excluding hydrogens is 297 g/mol. The van der Waals surface area contributed by atoms with Crippen molar-refractivity contribution in [2.75, 3.05) is 0 Å². The summed E-state index contributed by atoms with van der Waals surface area (Å²) in [6, 6.07) is 9.32. The molecule has 0 amide bonds. The van der Waals surface area contributed by atoms with E-state index in [1.54, 1.807) is 6.07 Å². The predicted molar refractivity (Wildman–Crippen MR) is 63.3 cm³/mol. The zero-order valence-electron chi connectivity index (χ0n) is 7.90.